The van der Waals surface area contributed by atoms with Gasteiger partial charge in [-0.25, -0.2) is 0 Å². The summed E-state index contributed by atoms with van der Waals surface area (Å²) in [6.45, 7) is 2.90. The molecule has 0 saturated heterocycles. The highest BCUT2D eigenvalue weighted by Crippen LogP contribution is 2.29. The molecule has 0 spiro atoms. The zero-order valence-electron chi connectivity index (χ0n) is 13.9. The molecule has 128 valence electrons. The van der Waals surface area contributed by atoms with E-state index in [9.17, 15) is 4.79 Å². The van der Waals surface area contributed by atoms with E-state index < -0.39 is 0 Å². The van der Waals surface area contributed by atoms with Gasteiger partial charge in [-0.1, -0.05) is 27.2 Å². The zero-order chi connectivity index (χ0) is 17.6. The molecule has 0 atom stereocenters. The number of hydrogen-bond donors (Lipinski definition) is 0. The lowest BCUT2D eigenvalue weighted by Crippen LogP contribution is -2.36. The van der Waals surface area contributed by atoms with Crippen molar-refractivity contribution in [3.63, 3.8) is 0 Å². The molecule has 0 fully saturated rings. The van der Waals surface area contributed by atoms with Crippen LogP contribution in [0.5, 0.6) is 0 Å². The Morgan fingerprint density at radius 2 is 2.20 bits per heavy atom. The molecule has 0 N–H and O–H groups in total. The maximum atomic E-state index is 12.8. The van der Waals surface area contributed by atoms with Crippen LogP contribution in [0.25, 0.3) is 11.6 Å². The predicted octanol–water partition coefficient (Wildman–Crippen LogP) is 2.74. The van der Waals surface area contributed by atoms with Gasteiger partial charge in [0.1, 0.15) is 0 Å². The van der Waals surface area contributed by atoms with E-state index in [1.807, 2.05) is 40.9 Å². The van der Waals surface area contributed by atoms with Crippen molar-refractivity contribution < 1.29 is 9.32 Å². The number of fused-ring (bicyclic) bond motifs is 1. The number of rotatable bonds is 2. The van der Waals surface area contributed by atoms with Crippen LogP contribution < -0.4 is 0 Å². The average Bonchev–Trinajstić information content (AvgIpc) is 3.17. The summed E-state index contributed by atoms with van der Waals surface area (Å²) in [5.74, 6) is 0.960. The summed E-state index contributed by atoms with van der Waals surface area (Å²) in [5.41, 5.74) is 3.40. The number of aryl methyl sites for hydroxylation is 2. The third kappa shape index (κ3) is 2.86. The van der Waals surface area contributed by atoms with E-state index in [4.69, 9.17) is 4.52 Å². The van der Waals surface area contributed by atoms with Crippen molar-refractivity contribution in [1.82, 2.24) is 24.8 Å². The molecular weight excluding hydrogens is 386 g/mol. The standard InChI is InChI=1S/C17H16BrN5O2/c1-10-19-16(25-21-10)15-13-9-23(7-6-14(13)22(2)20-15)17(24)11-4-3-5-12(18)8-11/h3-5,8H,6-7,9H2,1-2H3. The molecule has 3 heterocycles. The molecule has 0 aliphatic carbocycles. The zero-order valence-corrected chi connectivity index (χ0v) is 15.4. The molecule has 1 amide bonds. The maximum absolute atomic E-state index is 12.8. The molecule has 2 aromatic heterocycles. The lowest BCUT2D eigenvalue weighted by Gasteiger charge is -2.27. The fraction of sp³-hybridized carbons (Fsp3) is 0.294. The Kier molecular flexibility index (Phi) is 3.91. The SMILES string of the molecule is Cc1noc(-c2nn(C)c3c2CN(C(=O)c2cccc(Br)c2)CC3)n1. The van der Waals surface area contributed by atoms with Crippen LogP contribution in [0.3, 0.4) is 0 Å². The number of carbonyl (C=O) groups excluding carboxylic acids is 1. The van der Waals surface area contributed by atoms with Gasteiger partial charge in [-0.3, -0.25) is 9.48 Å². The van der Waals surface area contributed by atoms with Crippen LogP contribution >= 0.6 is 15.9 Å². The predicted molar refractivity (Wildman–Crippen MR) is 93.8 cm³/mol. The van der Waals surface area contributed by atoms with Crippen LogP contribution in [0.1, 0.15) is 27.4 Å². The van der Waals surface area contributed by atoms with E-state index in [0.717, 1.165) is 22.2 Å². The van der Waals surface area contributed by atoms with Gasteiger partial charge in [-0.2, -0.15) is 10.1 Å². The summed E-state index contributed by atoms with van der Waals surface area (Å²) in [4.78, 5) is 19.0. The van der Waals surface area contributed by atoms with Crippen LogP contribution in [0.2, 0.25) is 0 Å². The number of nitrogens with zero attached hydrogens (tertiary/aromatic N) is 5. The van der Waals surface area contributed by atoms with Crippen molar-refractivity contribution >= 4 is 21.8 Å². The van der Waals surface area contributed by atoms with Crippen molar-refractivity contribution in [3.05, 3.63) is 51.4 Å². The number of aromatic nitrogens is 4. The first-order valence-corrected chi connectivity index (χ1v) is 8.72. The van der Waals surface area contributed by atoms with E-state index >= 15 is 0 Å². The van der Waals surface area contributed by atoms with Crippen molar-refractivity contribution in [1.29, 1.82) is 0 Å². The summed E-state index contributed by atoms with van der Waals surface area (Å²) >= 11 is 3.42. The minimum atomic E-state index is 0.00321. The Balaban J connectivity index is 1.68. The number of hydrogen-bond acceptors (Lipinski definition) is 5. The Morgan fingerprint density at radius 3 is 2.92 bits per heavy atom. The van der Waals surface area contributed by atoms with Gasteiger partial charge in [0.25, 0.3) is 11.8 Å². The molecule has 0 radical (unpaired) electrons. The van der Waals surface area contributed by atoms with E-state index in [0.29, 0.717) is 36.1 Å². The first-order valence-electron chi connectivity index (χ1n) is 7.93. The molecule has 0 unspecified atom stereocenters. The van der Waals surface area contributed by atoms with E-state index in [-0.39, 0.29) is 5.91 Å². The smallest absolute Gasteiger partial charge is 0.278 e. The first-order chi connectivity index (χ1) is 12.0. The van der Waals surface area contributed by atoms with Gasteiger partial charge in [0, 0.05) is 41.3 Å². The summed E-state index contributed by atoms with van der Waals surface area (Å²) in [7, 11) is 1.90. The number of amides is 1. The summed E-state index contributed by atoms with van der Waals surface area (Å²) in [6.07, 6.45) is 0.742. The Morgan fingerprint density at radius 1 is 1.36 bits per heavy atom. The van der Waals surface area contributed by atoms with Gasteiger partial charge in [-0.15, -0.1) is 0 Å². The minimum Gasteiger partial charge on any atom is -0.334 e. The van der Waals surface area contributed by atoms with Crippen molar-refractivity contribution in [2.45, 2.75) is 19.9 Å². The van der Waals surface area contributed by atoms with Gasteiger partial charge in [0.2, 0.25) is 0 Å². The Labute approximate surface area is 152 Å². The van der Waals surface area contributed by atoms with Crippen LogP contribution in [-0.2, 0) is 20.0 Å². The van der Waals surface area contributed by atoms with Crippen molar-refractivity contribution in [3.8, 4) is 11.6 Å². The third-order valence-electron chi connectivity index (χ3n) is 4.33. The molecule has 8 heteroatoms. The van der Waals surface area contributed by atoms with E-state index in [2.05, 4.69) is 31.2 Å². The Bertz CT molecular complexity index is 962. The molecule has 25 heavy (non-hydrogen) atoms. The number of halogens is 1. The molecule has 1 aromatic carbocycles. The lowest BCUT2D eigenvalue weighted by atomic mass is 10.0. The lowest BCUT2D eigenvalue weighted by molar-refractivity contribution is 0.0733. The van der Waals surface area contributed by atoms with Gasteiger partial charge in [-0.05, 0) is 25.1 Å². The van der Waals surface area contributed by atoms with Crippen LogP contribution in [-0.4, -0.2) is 37.3 Å². The maximum Gasteiger partial charge on any atom is 0.278 e. The summed E-state index contributed by atoms with van der Waals surface area (Å²) in [5, 5.41) is 8.37. The largest absolute Gasteiger partial charge is 0.334 e. The number of carbonyl (C=O) groups is 1. The minimum absolute atomic E-state index is 0.00321. The summed E-state index contributed by atoms with van der Waals surface area (Å²) in [6, 6.07) is 7.43. The molecule has 0 bridgehead atoms. The van der Waals surface area contributed by atoms with Crippen molar-refractivity contribution in [2.24, 2.45) is 7.05 Å². The Hall–Kier alpha value is -2.48. The van der Waals surface area contributed by atoms with Crippen molar-refractivity contribution in [2.75, 3.05) is 6.54 Å². The molecular formula is C17H16BrN5O2. The number of benzene rings is 1. The van der Waals surface area contributed by atoms with Crippen LogP contribution in [0.4, 0.5) is 0 Å². The van der Waals surface area contributed by atoms with E-state index in [1.165, 1.54) is 0 Å². The van der Waals surface area contributed by atoms with Gasteiger partial charge in [0.15, 0.2) is 11.5 Å². The second-order valence-electron chi connectivity index (χ2n) is 6.03. The quantitative estimate of drug-likeness (QED) is 0.659. The van der Waals surface area contributed by atoms with Crippen LogP contribution in [0.15, 0.2) is 33.3 Å². The molecule has 3 aromatic rings. The fourth-order valence-corrected chi connectivity index (χ4v) is 3.53. The average molecular weight is 402 g/mol. The second-order valence-corrected chi connectivity index (χ2v) is 6.95. The normalized spacial score (nSPS) is 13.8. The highest BCUT2D eigenvalue weighted by molar-refractivity contribution is 9.10. The molecule has 4 rings (SSSR count). The topological polar surface area (TPSA) is 77.0 Å². The van der Waals surface area contributed by atoms with E-state index in [1.54, 1.807) is 6.92 Å². The highest BCUT2D eigenvalue weighted by Gasteiger charge is 2.29. The summed E-state index contributed by atoms with van der Waals surface area (Å²) < 4.78 is 8.01. The van der Waals surface area contributed by atoms with Gasteiger partial charge < -0.3 is 9.42 Å². The molecule has 1 aliphatic heterocycles. The second kappa shape index (κ2) is 6.11. The molecule has 1 aliphatic rings. The van der Waals surface area contributed by atoms with Gasteiger partial charge >= 0.3 is 0 Å². The third-order valence-corrected chi connectivity index (χ3v) is 4.82. The monoisotopic (exact) mass is 401 g/mol. The first kappa shape index (κ1) is 16.0. The fourth-order valence-electron chi connectivity index (χ4n) is 3.13. The molecule has 7 nitrogen and oxygen atoms in total. The van der Waals surface area contributed by atoms with Gasteiger partial charge in [0.05, 0.1) is 6.54 Å². The van der Waals surface area contributed by atoms with Crippen LogP contribution in [0, 0.1) is 6.92 Å². The molecule has 0 saturated carbocycles. The highest BCUT2D eigenvalue weighted by atomic mass is 79.9.